The zero-order chi connectivity index (χ0) is 12.9. The molecule has 0 saturated heterocycles. The van der Waals surface area contributed by atoms with Crippen molar-refractivity contribution in [2.75, 3.05) is 26.7 Å². The minimum atomic E-state index is -3.37. The molecule has 0 heterocycles. The summed E-state index contributed by atoms with van der Waals surface area (Å²) in [6.45, 7) is 3.04. The number of aliphatic hydroxyl groups is 1. The number of rotatable bonds is 9. The predicted molar refractivity (Wildman–Crippen MR) is 67.8 cm³/mol. The molecular weight excluding hydrogens is 240 g/mol. The fourth-order valence-corrected chi connectivity index (χ4v) is 3.07. The molecule has 5 nitrogen and oxygen atoms in total. The first-order valence-electron chi connectivity index (χ1n) is 6.27. The third-order valence-electron chi connectivity index (χ3n) is 3.41. The Bertz CT molecular complexity index is 326. The van der Waals surface area contributed by atoms with Crippen LogP contribution in [0.15, 0.2) is 0 Å². The minimum absolute atomic E-state index is 0.0135. The molecule has 102 valence electrons. The van der Waals surface area contributed by atoms with E-state index in [0.717, 1.165) is 25.7 Å². The van der Waals surface area contributed by atoms with Gasteiger partial charge in [-0.25, -0.2) is 4.72 Å². The van der Waals surface area contributed by atoms with E-state index in [1.54, 1.807) is 0 Å². The van der Waals surface area contributed by atoms with Crippen molar-refractivity contribution in [1.82, 2.24) is 9.03 Å². The van der Waals surface area contributed by atoms with Gasteiger partial charge >= 0.3 is 0 Å². The molecule has 0 aromatic heterocycles. The van der Waals surface area contributed by atoms with Crippen LogP contribution in [0.4, 0.5) is 0 Å². The zero-order valence-electron chi connectivity index (χ0n) is 10.8. The van der Waals surface area contributed by atoms with Crippen molar-refractivity contribution in [3.8, 4) is 0 Å². The van der Waals surface area contributed by atoms with Crippen molar-refractivity contribution in [2.45, 2.75) is 39.0 Å². The van der Waals surface area contributed by atoms with Gasteiger partial charge in [0, 0.05) is 26.7 Å². The molecule has 0 aromatic carbocycles. The maximum atomic E-state index is 11.8. The number of hydrogen-bond donors (Lipinski definition) is 2. The summed E-state index contributed by atoms with van der Waals surface area (Å²) in [5.74, 6) is 0. The quantitative estimate of drug-likeness (QED) is 0.644. The maximum absolute atomic E-state index is 11.8. The molecule has 0 aliphatic heterocycles. The Balaban J connectivity index is 2.39. The van der Waals surface area contributed by atoms with Crippen LogP contribution in [0.25, 0.3) is 0 Å². The SMILES string of the molecule is CCCC1(CNS(=O)(=O)N(C)CCCO)CC1. The van der Waals surface area contributed by atoms with E-state index in [1.165, 1.54) is 11.4 Å². The van der Waals surface area contributed by atoms with E-state index in [1.807, 2.05) is 0 Å². The van der Waals surface area contributed by atoms with Crippen LogP contribution in [0.2, 0.25) is 0 Å². The lowest BCUT2D eigenvalue weighted by atomic mass is 10.0. The highest BCUT2D eigenvalue weighted by Crippen LogP contribution is 2.49. The van der Waals surface area contributed by atoms with Crippen LogP contribution in [-0.4, -0.2) is 44.6 Å². The van der Waals surface area contributed by atoms with Crippen LogP contribution in [0.3, 0.4) is 0 Å². The van der Waals surface area contributed by atoms with Gasteiger partial charge in [0.2, 0.25) is 0 Å². The molecule has 1 rings (SSSR count). The molecule has 0 bridgehead atoms. The summed E-state index contributed by atoms with van der Waals surface area (Å²) >= 11 is 0. The largest absolute Gasteiger partial charge is 0.396 e. The van der Waals surface area contributed by atoms with Crippen LogP contribution in [0, 0.1) is 5.41 Å². The molecule has 0 atom stereocenters. The summed E-state index contributed by atoms with van der Waals surface area (Å²) in [7, 11) is -1.83. The summed E-state index contributed by atoms with van der Waals surface area (Å²) in [6.07, 6.45) is 4.92. The van der Waals surface area contributed by atoms with Crippen molar-refractivity contribution in [2.24, 2.45) is 5.41 Å². The minimum Gasteiger partial charge on any atom is -0.396 e. The van der Waals surface area contributed by atoms with Crippen molar-refractivity contribution >= 4 is 10.2 Å². The smallest absolute Gasteiger partial charge is 0.279 e. The number of nitrogens with zero attached hydrogens (tertiary/aromatic N) is 1. The first-order chi connectivity index (χ1) is 7.96. The summed E-state index contributed by atoms with van der Waals surface area (Å²) in [4.78, 5) is 0. The molecule has 0 amide bonds. The van der Waals surface area contributed by atoms with Gasteiger partial charge in [-0.05, 0) is 31.1 Å². The van der Waals surface area contributed by atoms with Crippen molar-refractivity contribution in [1.29, 1.82) is 0 Å². The fourth-order valence-electron chi connectivity index (χ4n) is 1.99. The molecule has 0 unspecified atom stereocenters. The Morgan fingerprint density at radius 3 is 2.53 bits per heavy atom. The van der Waals surface area contributed by atoms with E-state index in [4.69, 9.17) is 5.11 Å². The Morgan fingerprint density at radius 2 is 2.06 bits per heavy atom. The van der Waals surface area contributed by atoms with Gasteiger partial charge in [-0.1, -0.05) is 13.3 Å². The van der Waals surface area contributed by atoms with Crippen molar-refractivity contribution in [3.63, 3.8) is 0 Å². The van der Waals surface area contributed by atoms with Crippen LogP contribution >= 0.6 is 0 Å². The van der Waals surface area contributed by atoms with Gasteiger partial charge in [0.1, 0.15) is 0 Å². The summed E-state index contributed by atoms with van der Waals surface area (Å²) in [5, 5.41) is 8.68. The highest BCUT2D eigenvalue weighted by molar-refractivity contribution is 7.87. The summed E-state index contributed by atoms with van der Waals surface area (Å²) in [5.41, 5.74) is 0.222. The third kappa shape index (κ3) is 4.54. The molecule has 1 saturated carbocycles. The van der Waals surface area contributed by atoms with Crippen molar-refractivity contribution in [3.05, 3.63) is 0 Å². The highest BCUT2D eigenvalue weighted by Gasteiger charge is 2.42. The maximum Gasteiger partial charge on any atom is 0.279 e. The second-order valence-corrected chi connectivity index (χ2v) is 6.84. The van der Waals surface area contributed by atoms with Crippen LogP contribution in [0.1, 0.15) is 39.0 Å². The van der Waals surface area contributed by atoms with E-state index in [-0.39, 0.29) is 12.0 Å². The summed E-state index contributed by atoms with van der Waals surface area (Å²) in [6, 6.07) is 0. The summed E-state index contributed by atoms with van der Waals surface area (Å²) < 4.78 is 27.6. The average Bonchev–Trinajstić information content (AvgIpc) is 3.04. The Kier molecular flexibility index (Phi) is 5.37. The highest BCUT2D eigenvalue weighted by atomic mass is 32.2. The predicted octanol–water partition coefficient (Wildman–Crippen LogP) is 0.715. The third-order valence-corrected chi connectivity index (χ3v) is 4.92. The molecular formula is C11H24N2O3S. The Hall–Kier alpha value is -0.170. The first kappa shape index (κ1) is 14.9. The van der Waals surface area contributed by atoms with Gasteiger partial charge < -0.3 is 5.11 Å². The monoisotopic (exact) mass is 264 g/mol. The van der Waals surface area contributed by atoms with E-state index in [2.05, 4.69) is 11.6 Å². The first-order valence-corrected chi connectivity index (χ1v) is 7.71. The normalized spacial score (nSPS) is 18.6. The lowest BCUT2D eigenvalue weighted by molar-refractivity contribution is 0.275. The lowest BCUT2D eigenvalue weighted by Crippen LogP contribution is -2.41. The van der Waals surface area contributed by atoms with Crippen LogP contribution in [0.5, 0.6) is 0 Å². The van der Waals surface area contributed by atoms with E-state index in [0.29, 0.717) is 19.5 Å². The molecule has 0 radical (unpaired) electrons. The second-order valence-electron chi connectivity index (χ2n) is 4.97. The van der Waals surface area contributed by atoms with Crippen molar-refractivity contribution < 1.29 is 13.5 Å². The fraction of sp³-hybridized carbons (Fsp3) is 1.00. The van der Waals surface area contributed by atoms with Gasteiger partial charge in [-0.3, -0.25) is 0 Å². The van der Waals surface area contributed by atoms with Gasteiger partial charge in [0.25, 0.3) is 10.2 Å². The van der Waals surface area contributed by atoms with Gasteiger partial charge in [-0.2, -0.15) is 12.7 Å². The van der Waals surface area contributed by atoms with Gasteiger partial charge in [0.05, 0.1) is 0 Å². The second kappa shape index (κ2) is 6.13. The number of aliphatic hydroxyl groups excluding tert-OH is 1. The topological polar surface area (TPSA) is 69.6 Å². The van der Waals surface area contributed by atoms with Crippen LogP contribution < -0.4 is 4.72 Å². The Labute approximate surface area is 104 Å². The number of nitrogens with one attached hydrogen (secondary N) is 1. The lowest BCUT2D eigenvalue weighted by Gasteiger charge is -2.20. The molecule has 0 spiro atoms. The molecule has 0 aromatic rings. The molecule has 6 heteroatoms. The average molecular weight is 264 g/mol. The molecule has 1 fully saturated rings. The van der Waals surface area contributed by atoms with E-state index < -0.39 is 10.2 Å². The molecule has 1 aliphatic carbocycles. The van der Waals surface area contributed by atoms with Crippen LogP contribution in [-0.2, 0) is 10.2 Å². The Morgan fingerprint density at radius 1 is 1.41 bits per heavy atom. The molecule has 1 aliphatic rings. The molecule has 17 heavy (non-hydrogen) atoms. The zero-order valence-corrected chi connectivity index (χ0v) is 11.6. The van der Waals surface area contributed by atoms with E-state index >= 15 is 0 Å². The number of hydrogen-bond acceptors (Lipinski definition) is 3. The standard InChI is InChI=1S/C11H24N2O3S/c1-3-5-11(6-7-11)10-12-17(15,16)13(2)8-4-9-14/h12,14H,3-10H2,1-2H3. The van der Waals surface area contributed by atoms with Gasteiger partial charge in [-0.15, -0.1) is 0 Å². The van der Waals surface area contributed by atoms with E-state index in [9.17, 15) is 8.42 Å². The van der Waals surface area contributed by atoms with Gasteiger partial charge in [0.15, 0.2) is 0 Å². The molecule has 2 N–H and O–H groups in total.